The number of anilines is 6. The standard InChI is InChI=1S/C52H36N2O/c1-5-16-41(17-6-1)53(42-18-7-2-8-19-42)45-31-27-37(28-32-45)40-35-39-15-13-25-48-49-26-14-24-47(52(49)55-50(36-40)51(39)48)38-29-33-46(34-30-38)54(43-20-9-3-10-21-43)44-22-11-4-12-23-44/h1-36H. The smallest absolute Gasteiger partial charge is 0.143 e. The summed E-state index contributed by atoms with van der Waals surface area (Å²) >= 11 is 0. The van der Waals surface area contributed by atoms with Gasteiger partial charge in [0.2, 0.25) is 0 Å². The first-order valence-electron chi connectivity index (χ1n) is 18.7. The van der Waals surface area contributed by atoms with E-state index in [0.29, 0.717) is 0 Å². The molecule has 10 rings (SSSR count). The van der Waals surface area contributed by atoms with Crippen molar-refractivity contribution in [3.8, 4) is 44.9 Å². The van der Waals surface area contributed by atoms with Gasteiger partial charge in [-0.05, 0) is 113 Å². The fourth-order valence-electron chi connectivity index (χ4n) is 7.85. The lowest BCUT2D eigenvalue weighted by atomic mass is 9.90. The second-order valence-corrected chi connectivity index (χ2v) is 13.8. The topological polar surface area (TPSA) is 15.7 Å². The second-order valence-electron chi connectivity index (χ2n) is 13.8. The number of benzene rings is 9. The maximum Gasteiger partial charge on any atom is 0.143 e. The third-order valence-electron chi connectivity index (χ3n) is 10.4. The van der Waals surface area contributed by atoms with Crippen LogP contribution in [0.25, 0.3) is 44.2 Å². The average molecular weight is 705 g/mol. The lowest BCUT2D eigenvalue weighted by molar-refractivity contribution is 0.489. The molecule has 0 N–H and O–H groups in total. The van der Waals surface area contributed by atoms with Gasteiger partial charge in [-0.1, -0.05) is 133 Å². The highest BCUT2D eigenvalue weighted by atomic mass is 16.5. The minimum atomic E-state index is 0.873. The average Bonchev–Trinajstić information content (AvgIpc) is 3.26. The molecule has 0 saturated carbocycles. The Balaban J connectivity index is 1.01. The molecule has 3 nitrogen and oxygen atoms in total. The van der Waals surface area contributed by atoms with E-state index < -0.39 is 0 Å². The molecule has 1 aliphatic rings. The van der Waals surface area contributed by atoms with E-state index in [1.807, 2.05) is 0 Å². The molecule has 0 saturated heterocycles. The van der Waals surface area contributed by atoms with E-state index in [0.717, 1.165) is 84.2 Å². The third-order valence-corrected chi connectivity index (χ3v) is 10.4. The Hall–Kier alpha value is -7.36. The minimum absolute atomic E-state index is 0.873. The maximum absolute atomic E-state index is 6.97. The van der Waals surface area contributed by atoms with E-state index >= 15 is 0 Å². The number of ether oxygens (including phenoxy) is 1. The number of hydrogen-bond acceptors (Lipinski definition) is 3. The van der Waals surface area contributed by atoms with Gasteiger partial charge in [0.15, 0.2) is 0 Å². The molecule has 1 heterocycles. The summed E-state index contributed by atoms with van der Waals surface area (Å²) in [6, 6.07) is 77.2. The first-order chi connectivity index (χ1) is 27.3. The van der Waals surface area contributed by atoms with Gasteiger partial charge in [0.25, 0.3) is 0 Å². The van der Waals surface area contributed by atoms with Gasteiger partial charge in [-0.25, -0.2) is 0 Å². The van der Waals surface area contributed by atoms with Gasteiger partial charge in [-0.2, -0.15) is 0 Å². The third kappa shape index (κ3) is 5.98. The molecule has 9 aromatic rings. The Bertz CT molecular complexity index is 2670. The maximum atomic E-state index is 6.97. The Morgan fingerprint density at radius 2 is 0.709 bits per heavy atom. The highest BCUT2D eigenvalue weighted by Gasteiger charge is 2.24. The van der Waals surface area contributed by atoms with Gasteiger partial charge in [-0.15, -0.1) is 0 Å². The van der Waals surface area contributed by atoms with E-state index in [2.05, 4.69) is 228 Å². The molecule has 0 amide bonds. The molecule has 1 aliphatic heterocycles. The van der Waals surface area contributed by atoms with Crippen LogP contribution in [-0.4, -0.2) is 0 Å². The zero-order valence-corrected chi connectivity index (χ0v) is 30.1. The molecule has 0 atom stereocenters. The molecule has 0 radical (unpaired) electrons. The molecule has 55 heavy (non-hydrogen) atoms. The van der Waals surface area contributed by atoms with Crippen molar-refractivity contribution < 1.29 is 4.74 Å². The summed E-state index contributed by atoms with van der Waals surface area (Å²) in [5, 5.41) is 2.30. The van der Waals surface area contributed by atoms with Crippen LogP contribution in [0.4, 0.5) is 34.1 Å². The highest BCUT2D eigenvalue weighted by Crippen LogP contribution is 2.51. The van der Waals surface area contributed by atoms with Crippen molar-refractivity contribution in [1.82, 2.24) is 0 Å². The van der Waals surface area contributed by atoms with E-state index in [9.17, 15) is 0 Å². The van der Waals surface area contributed by atoms with Gasteiger partial charge in [0.05, 0.1) is 0 Å². The van der Waals surface area contributed by atoms with Crippen LogP contribution in [0, 0.1) is 0 Å². The molecular weight excluding hydrogens is 669 g/mol. The van der Waals surface area contributed by atoms with Crippen LogP contribution in [0.15, 0.2) is 218 Å². The van der Waals surface area contributed by atoms with Crippen molar-refractivity contribution >= 4 is 44.9 Å². The van der Waals surface area contributed by atoms with E-state index in [-0.39, 0.29) is 0 Å². The number of rotatable bonds is 8. The zero-order valence-electron chi connectivity index (χ0n) is 30.1. The summed E-state index contributed by atoms with van der Waals surface area (Å²) in [6.45, 7) is 0. The number of nitrogens with zero attached hydrogens (tertiary/aromatic N) is 2. The van der Waals surface area contributed by atoms with Gasteiger partial charge in [0.1, 0.15) is 11.5 Å². The number of hydrogen-bond donors (Lipinski definition) is 0. The first-order valence-corrected chi connectivity index (χ1v) is 18.7. The van der Waals surface area contributed by atoms with Gasteiger partial charge < -0.3 is 14.5 Å². The molecule has 9 aromatic carbocycles. The summed E-state index contributed by atoms with van der Waals surface area (Å²) in [7, 11) is 0. The van der Waals surface area contributed by atoms with Crippen molar-refractivity contribution in [3.63, 3.8) is 0 Å². The summed E-state index contributed by atoms with van der Waals surface area (Å²) in [4.78, 5) is 4.57. The monoisotopic (exact) mass is 704 g/mol. The van der Waals surface area contributed by atoms with Crippen LogP contribution < -0.4 is 14.5 Å². The van der Waals surface area contributed by atoms with Crippen LogP contribution in [0.1, 0.15) is 0 Å². The molecule has 3 heteroatoms. The first kappa shape index (κ1) is 32.3. The van der Waals surface area contributed by atoms with Crippen LogP contribution in [0.3, 0.4) is 0 Å². The summed E-state index contributed by atoms with van der Waals surface area (Å²) in [5.74, 6) is 1.75. The Kier molecular flexibility index (Phi) is 8.16. The van der Waals surface area contributed by atoms with Crippen molar-refractivity contribution in [2.75, 3.05) is 9.80 Å². The Labute approximate surface area is 321 Å². The van der Waals surface area contributed by atoms with E-state index in [1.165, 1.54) is 5.56 Å². The molecule has 0 spiro atoms. The summed E-state index contributed by atoms with van der Waals surface area (Å²) in [6.07, 6.45) is 0. The summed E-state index contributed by atoms with van der Waals surface area (Å²) in [5.41, 5.74) is 13.4. The molecule has 0 aliphatic carbocycles. The molecule has 0 unspecified atom stereocenters. The zero-order chi connectivity index (χ0) is 36.6. The molecular formula is C52H36N2O. The van der Waals surface area contributed by atoms with Gasteiger partial charge in [-0.3, -0.25) is 0 Å². The quantitative estimate of drug-likeness (QED) is 0.157. The Morgan fingerprint density at radius 1 is 0.291 bits per heavy atom. The van der Waals surface area contributed by atoms with Gasteiger partial charge >= 0.3 is 0 Å². The fourth-order valence-corrected chi connectivity index (χ4v) is 7.85. The summed E-state index contributed by atoms with van der Waals surface area (Å²) < 4.78 is 6.97. The number of para-hydroxylation sites is 5. The normalized spacial score (nSPS) is 11.4. The van der Waals surface area contributed by atoms with Crippen LogP contribution >= 0.6 is 0 Å². The predicted molar refractivity (Wildman–Crippen MR) is 230 cm³/mol. The predicted octanol–water partition coefficient (Wildman–Crippen LogP) is 14.9. The van der Waals surface area contributed by atoms with Crippen molar-refractivity contribution in [3.05, 3.63) is 218 Å². The van der Waals surface area contributed by atoms with Crippen molar-refractivity contribution in [2.45, 2.75) is 0 Å². The minimum Gasteiger partial charge on any atom is -0.455 e. The van der Waals surface area contributed by atoms with Gasteiger partial charge in [0, 0.05) is 50.6 Å². The molecule has 0 fully saturated rings. The van der Waals surface area contributed by atoms with Crippen LogP contribution in [0.5, 0.6) is 11.5 Å². The molecule has 0 aromatic heterocycles. The second kappa shape index (κ2) is 13.9. The van der Waals surface area contributed by atoms with Crippen LogP contribution in [0.2, 0.25) is 0 Å². The molecule has 0 bridgehead atoms. The SMILES string of the molecule is c1ccc(N(c2ccccc2)c2ccc(-c3cc4c5c(cccc5c3)-c3cccc(-c5ccc(N(c6ccccc6)c6ccccc6)cc5)c3O4)cc2)cc1. The number of fused-ring (bicyclic) bond motifs is 2. The lowest BCUT2D eigenvalue weighted by Crippen LogP contribution is -2.09. The van der Waals surface area contributed by atoms with E-state index in [4.69, 9.17) is 4.74 Å². The lowest BCUT2D eigenvalue weighted by Gasteiger charge is -2.26. The van der Waals surface area contributed by atoms with Crippen molar-refractivity contribution in [2.24, 2.45) is 0 Å². The fraction of sp³-hybridized carbons (Fsp3) is 0. The van der Waals surface area contributed by atoms with Crippen LogP contribution in [-0.2, 0) is 0 Å². The largest absolute Gasteiger partial charge is 0.455 e. The molecule has 260 valence electrons. The Morgan fingerprint density at radius 3 is 1.22 bits per heavy atom. The van der Waals surface area contributed by atoms with Crippen molar-refractivity contribution in [1.29, 1.82) is 0 Å². The highest BCUT2D eigenvalue weighted by molar-refractivity contribution is 6.07. The van der Waals surface area contributed by atoms with E-state index in [1.54, 1.807) is 0 Å².